The van der Waals surface area contributed by atoms with E-state index in [1.807, 2.05) is 30.3 Å². The maximum absolute atomic E-state index is 5.74. The number of benzene rings is 1. The van der Waals surface area contributed by atoms with Crippen LogP contribution in [0.3, 0.4) is 0 Å². The van der Waals surface area contributed by atoms with E-state index in [0.717, 1.165) is 11.4 Å². The van der Waals surface area contributed by atoms with E-state index >= 15 is 0 Å². The number of nitrogens with zero attached hydrogens (tertiary/aromatic N) is 1. The summed E-state index contributed by atoms with van der Waals surface area (Å²) in [6.45, 7) is 4.86. The molecule has 17 heavy (non-hydrogen) atoms. The number of hydrogen-bond acceptors (Lipinski definition) is 2. The molecule has 0 spiro atoms. The van der Waals surface area contributed by atoms with Crippen LogP contribution in [0, 0.1) is 0 Å². The molecular formula is C15H17NO. The average molecular weight is 227 g/mol. The molecule has 0 fully saturated rings. The van der Waals surface area contributed by atoms with Crippen molar-refractivity contribution in [3.63, 3.8) is 0 Å². The molecule has 0 N–H and O–H groups in total. The quantitative estimate of drug-likeness (QED) is 0.793. The van der Waals surface area contributed by atoms with Crippen LogP contribution in [0.5, 0.6) is 5.75 Å². The molecule has 2 rings (SSSR count). The number of pyridine rings is 1. The van der Waals surface area contributed by atoms with Gasteiger partial charge in [-0.05, 0) is 17.5 Å². The molecule has 0 bridgehead atoms. The highest BCUT2D eigenvalue weighted by Gasteiger charge is 2.02. The Morgan fingerprint density at radius 2 is 1.88 bits per heavy atom. The lowest BCUT2D eigenvalue weighted by Crippen LogP contribution is -1.97. The fraction of sp³-hybridized carbons (Fsp3) is 0.267. The minimum atomic E-state index is 0.426. The van der Waals surface area contributed by atoms with Crippen LogP contribution in [0.4, 0.5) is 0 Å². The predicted molar refractivity (Wildman–Crippen MR) is 69.1 cm³/mol. The Morgan fingerprint density at radius 1 is 1.12 bits per heavy atom. The SMILES string of the molecule is CC(C)c1cc(OCc2ccccc2)ccn1. The average Bonchev–Trinajstić information content (AvgIpc) is 2.38. The van der Waals surface area contributed by atoms with E-state index in [-0.39, 0.29) is 0 Å². The molecule has 0 unspecified atom stereocenters. The first-order valence-electron chi connectivity index (χ1n) is 5.88. The molecule has 88 valence electrons. The van der Waals surface area contributed by atoms with Gasteiger partial charge in [-0.3, -0.25) is 4.98 Å². The first-order chi connectivity index (χ1) is 8.25. The summed E-state index contributed by atoms with van der Waals surface area (Å²) >= 11 is 0. The van der Waals surface area contributed by atoms with Gasteiger partial charge in [-0.15, -0.1) is 0 Å². The molecule has 0 radical (unpaired) electrons. The van der Waals surface area contributed by atoms with Gasteiger partial charge in [0.25, 0.3) is 0 Å². The highest BCUT2D eigenvalue weighted by atomic mass is 16.5. The van der Waals surface area contributed by atoms with E-state index in [1.54, 1.807) is 6.20 Å². The van der Waals surface area contributed by atoms with Crippen LogP contribution in [0.1, 0.15) is 31.0 Å². The normalized spacial score (nSPS) is 10.5. The molecule has 1 aromatic carbocycles. The molecule has 0 saturated heterocycles. The van der Waals surface area contributed by atoms with Gasteiger partial charge in [0, 0.05) is 18.0 Å². The van der Waals surface area contributed by atoms with Crippen molar-refractivity contribution in [3.05, 3.63) is 59.9 Å². The molecule has 2 nitrogen and oxygen atoms in total. The van der Waals surface area contributed by atoms with Crippen molar-refractivity contribution in [2.45, 2.75) is 26.4 Å². The third-order valence-corrected chi connectivity index (χ3v) is 2.59. The van der Waals surface area contributed by atoms with Crippen molar-refractivity contribution >= 4 is 0 Å². The molecule has 0 aliphatic heterocycles. The van der Waals surface area contributed by atoms with Crippen LogP contribution in [0.15, 0.2) is 48.7 Å². The summed E-state index contributed by atoms with van der Waals surface area (Å²) in [6, 6.07) is 14.1. The fourth-order valence-electron chi connectivity index (χ4n) is 1.57. The summed E-state index contributed by atoms with van der Waals surface area (Å²) in [5, 5.41) is 0. The van der Waals surface area contributed by atoms with E-state index < -0.39 is 0 Å². The molecular weight excluding hydrogens is 210 g/mol. The second-order valence-corrected chi connectivity index (χ2v) is 4.35. The van der Waals surface area contributed by atoms with Crippen LogP contribution in [0.25, 0.3) is 0 Å². The Hall–Kier alpha value is -1.83. The number of hydrogen-bond donors (Lipinski definition) is 0. The van der Waals surface area contributed by atoms with Crippen molar-refractivity contribution in [1.82, 2.24) is 4.98 Å². The minimum Gasteiger partial charge on any atom is -0.489 e. The lowest BCUT2D eigenvalue weighted by Gasteiger charge is -2.09. The Kier molecular flexibility index (Phi) is 3.76. The first-order valence-corrected chi connectivity index (χ1v) is 5.88. The second kappa shape index (κ2) is 5.48. The molecule has 0 aliphatic carbocycles. The molecule has 2 aromatic rings. The summed E-state index contributed by atoms with van der Waals surface area (Å²) in [5.41, 5.74) is 2.24. The smallest absolute Gasteiger partial charge is 0.123 e. The lowest BCUT2D eigenvalue weighted by molar-refractivity contribution is 0.305. The molecule has 2 heteroatoms. The van der Waals surface area contributed by atoms with Crippen molar-refractivity contribution in [1.29, 1.82) is 0 Å². The summed E-state index contributed by atoms with van der Waals surface area (Å²) < 4.78 is 5.74. The van der Waals surface area contributed by atoms with Crippen LogP contribution >= 0.6 is 0 Å². The van der Waals surface area contributed by atoms with Gasteiger partial charge in [0.15, 0.2) is 0 Å². The van der Waals surface area contributed by atoms with E-state index in [9.17, 15) is 0 Å². The van der Waals surface area contributed by atoms with Gasteiger partial charge in [0.2, 0.25) is 0 Å². The van der Waals surface area contributed by atoms with E-state index in [2.05, 4.69) is 31.0 Å². The van der Waals surface area contributed by atoms with E-state index in [0.29, 0.717) is 12.5 Å². The van der Waals surface area contributed by atoms with Crippen molar-refractivity contribution in [2.24, 2.45) is 0 Å². The third kappa shape index (κ3) is 3.31. The van der Waals surface area contributed by atoms with Crippen LogP contribution < -0.4 is 4.74 Å². The van der Waals surface area contributed by atoms with Gasteiger partial charge in [0.1, 0.15) is 12.4 Å². The van der Waals surface area contributed by atoms with Gasteiger partial charge in [-0.1, -0.05) is 44.2 Å². The van der Waals surface area contributed by atoms with Crippen LogP contribution in [0.2, 0.25) is 0 Å². The van der Waals surface area contributed by atoms with E-state index in [1.165, 1.54) is 5.56 Å². The monoisotopic (exact) mass is 227 g/mol. The maximum Gasteiger partial charge on any atom is 0.123 e. The highest BCUT2D eigenvalue weighted by molar-refractivity contribution is 5.25. The highest BCUT2D eigenvalue weighted by Crippen LogP contribution is 2.18. The number of aromatic nitrogens is 1. The summed E-state index contributed by atoms with van der Waals surface area (Å²) in [4.78, 5) is 4.31. The Morgan fingerprint density at radius 3 is 2.59 bits per heavy atom. The molecule has 1 aromatic heterocycles. The standard InChI is InChI=1S/C15H17NO/c1-12(2)15-10-14(8-9-16-15)17-11-13-6-4-3-5-7-13/h3-10,12H,11H2,1-2H3. The van der Waals surface area contributed by atoms with Gasteiger partial charge < -0.3 is 4.74 Å². The van der Waals surface area contributed by atoms with Crippen LogP contribution in [-0.4, -0.2) is 4.98 Å². The van der Waals surface area contributed by atoms with Crippen LogP contribution in [-0.2, 0) is 6.61 Å². The summed E-state index contributed by atoms with van der Waals surface area (Å²) in [7, 11) is 0. The Bertz CT molecular complexity index is 465. The summed E-state index contributed by atoms with van der Waals surface area (Å²) in [6.07, 6.45) is 1.80. The fourth-order valence-corrected chi connectivity index (χ4v) is 1.57. The van der Waals surface area contributed by atoms with Crippen molar-refractivity contribution < 1.29 is 4.74 Å². The molecule has 0 atom stereocenters. The molecule has 0 amide bonds. The molecule has 0 aliphatic rings. The lowest BCUT2D eigenvalue weighted by atomic mass is 10.1. The molecule has 1 heterocycles. The number of ether oxygens (including phenoxy) is 1. The van der Waals surface area contributed by atoms with Gasteiger partial charge in [-0.2, -0.15) is 0 Å². The predicted octanol–water partition coefficient (Wildman–Crippen LogP) is 3.78. The first kappa shape index (κ1) is 11.6. The van der Waals surface area contributed by atoms with Crippen molar-refractivity contribution in [2.75, 3.05) is 0 Å². The van der Waals surface area contributed by atoms with E-state index in [4.69, 9.17) is 4.74 Å². The zero-order valence-corrected chi connectivity index (χ0v) is 10.3. The zero-order valence-electron chi connectivity index (χ0n) is 10.3. The van der Waals surface area contributed by atoms with Gasteiger partial charge >= 0.3 is 0 Å². The Balaban J connectivity index is 2.02. The third-order valence-electron chi connectivity index (χ3n) is 2.59. The van der Waals surface area contributed by atoms with Crippen molar-refractivity contribution in [3.8, 4) is 5.75 Å². The maximum atomic E-state index is 5.74. The Labute approximate surface area is 102 Å². The molecule has 0 saturated carbocycles. The second-order valence-electron chi connectivity index (χ2n) is 4.35. The zero-order chi connectivity index (χ0) is 12.1. The topological polar surface area (TPSA) is 22.1 Å². The largest absolute Gasteiger partial charge is 0.489 e. The van der Waals surface area contributed by atoms with Gasteiger partial charge in [0.05, 0.1) is 0 Å². The van der Waals surface area contributed by atoms with Gasteiger partial charge in [-0.25, -0.2) is 0 Å². The number of rotatable bonds is 4. The minimum absolute atomic E-state index is 0.426. The summed E-state index contributed by atoms with van der Waals surface area (Å²) in [5.74, 6) is 1.31.